The third-order valence-electron chi connectivity index (χ3n) is 8.80. The minimum atomic E-state index is -0.0495. The van der Waals surface area contributed by atoms with E-state index in [1.165, 1.54) is 22.7 Å². The van der Waals surface area contributed by atoms with Gasteiger partial charge in [0.15, 0.2) is 0 Å². The summed E-state index contributed by atoms with van der Waals surface area (Å²) in [6, 6.07) is 9.22. The molecule has 208 valence electrons. The molecule has 2 saturated heterocycles. The van der Waals surface area contributed by atoms with E-state index >= 15 is 0 Å². The lowest BCUT2D eigenvalue weighted by atomic mass is 9.97. The molecule has 1 amide bonds. The number of carbonyl (C=O) groups is 1. The predicted octanol–water partition coefficient (Wildman–Crippen LogP) is 3.61. The van der Waals surface area contributed by atoms with E-state index in [0.29, 0.717) is 56.8 Å². The van der Waals surface area contributed by atoms with Crippen LogP contribution in [0.15, 0.2) is 37.1 Å². The maximum absolute atomic E-state index is 12.2. The maximum Gasteiger partial charge on any atom is 0.246 e. The Morgan fingerprint density at radius 1 is 1.18 bits per heavy atom. The zero-order valence-electron chi connectivity index (χ0n) is 23.4. The van der Waals surface area contributed by atoms with Crippen molar-refractivity contribution in [1.29, 1.82) is 5.26 Å². The standard InChI is InChI=1S/C31H37N7O2/c1-4-28(39)36-14-16-37(17-15-36)30-24-10-13-38(29-21(2)7-8-26-23(29)9-11-33-26)19-27(24)34-31(25(30)18-32)40-20-22-6-5-12-35(22)3/h4,7-9,11,22,33H,1,5-6,10,12-17,19-20H2,2-3H3. The van der Waals surface area contributed by atoms with Gasteiger partial charge in [-0.2, -0.15) is 5.26 Å². The highest BCUT2D eigenvalue weighted by Crippen LogP contribution is 2.40. The molecule has 1 aromatic carbocycles. The van der Waals surface area contributed by atoms with E-state index in [0.717, 1.165) is 54.8 Å². The Labute approximate surface area is 235 Å². The van der Waals surface area contributed by atoms with Gasteiger partial charge in [-0.3, -0.25) is 4.79 Å². The summed E-state index contributed by atoms with van der Waals surface area (Å²) >= 11 is 0. The van der Waals surface area contributed by atoms with E-state index in [4.69, 9.17) is 9.72 Å². The SMILES string of the molecule is C=CC(=O)N1CCN(c2c(C#N)c(OCC3CCCN3C)nc3c2CCN(c2c(C)ccc4[nH]ccc24)C3)CC1. The third-order valence-corrected chi connectivity index (χ3v) is 8.80. The number of ether oxygens (including phenoxy) is 1. The van der Waals surface area contributed by atoms with E-state index in [1.807, 2.05) is 11.1 Å². The first-order valence-corrected chi connectivity index (χ1v) is 14.2. The Morgan fingerprint density at radius 2 is 2.00 bits per heavy atom. The van der Waals surface area contributed by atoms with Crippen molar-refractivity contribution in [2.45, 2.75) is 38.8 Å². The monoisotopic (exact) mass is 539 g/mol. The third kappa shape index (κ3) is 4.66. The number of likely N-dealkylation sites (tertiary alicyclic amines) is 1. The van der Waals surface area contributed by atoms with Crippen LogP contribution in [0.1, 0.15) is 35.2 Å². The molecule has 1 atom stereocenters. The van der Waals surface area contributed by atoms with Crippen molar-refractivity contribution in [2.75, 3.05) is 62.7 Å². The summed E-state index contributed by atoms with van der Waals surface area (Å²) in [6.45, 7) is 11.4. The molecule has 5 heterocycles. The number of amides is 1. The molecule has 0 radical (unpaired) electrons. The van der Waals surface area contributed by atoms with E-state index < -0.39 is 0 Å². The number of anilines is 2. The van der Waals surface area contributed by atoms with Gasteiger partial charge in [-0.15, -0.1) is 0 Å². The van der Waals surface area contributed by atoms with Crippen molar-refractivity contribution in [2.24, 2.45) is 0 Å². The van der Waals surface area contributed by atoms with Gasteiger partial charge in [-0.25, -0.2) is 4.98 Å². The van der Waals surface area contributed by atoms with Gasteiger partial charge in [0.1, 0.15) is 18.2 Å². The second kappa shape index (κ2) is 10.9. The normalized spacial score (nSPS) is 19.5. The number of aromatic amines is 1. The van der Waals surface area contributed by atoms with Gasteiger partial charge in [-0.1, -0.05) is 12.6 Å². The molecule has 0 bridgehead atoms. The molecule has 3 aliphatic rings. The average Bonchev–Trinajstić information content (AvgIpc) is 3.63. The molecular weight excluding hydrogens is 502 g/mol. The summed E-state index contributed by atoms with van der Waals surface area (Å²) in [5, 5.41) is 11.6. The molecule has 2 aromatic heterocycles. The highest BCUT2D eigenvalue weighted by atomic mass is 16.5. The zero-order valence-corrected chi connectivity index (χ0v) is 23.4. The minimum Gasteiger partial charge on any atom is -0.475 e. The minimum absolute atomic E-state index is 0.0495. The molecule has 0 spiro atoms. The highest BCUT2D eigenvalue weighted by molar-refractivity contribution is 5.94. The molecule has 3 aliphatic heterocycles. The lowest BCUT2D eigenvalue weighted by Crippen LogP contribution is -2.49. The second-order valence-electron chi connectivity index (χ2n) is 11.1. The summed E-state index contributed by atoms with van der Waals surface area (Å²) in [4.78, 5) is 29.4. The fourth-order valence-electron chi connectivity index (χ4n) is 6.57. The Hall–Kier alpha value is -4.03. The van der Waals surface area contributed by atoms with Crippen LogP contribution in [0.5, 0.6) is 5.88 Å². The molecule has 0 saturated carbocycles. The first-order valence-electron chi connectivity index (χ1n) is 14.2. The molecule has 9 nitrogen and oxygen atoms in total. The molecule has 3 aromatic rings. The van der Waals surface area contributed by atoms with Crippen LogP contribution < -0.4 is 14.5 Å². The smallest absolute Gasteiger partial charge is 0.246 e. The highest BCUT2D eigenvalue weighted by Gasteiger charge is 2.32. The number of aromatic nitrogens is 2. The first kappa shape index (κ1) is 26.2. The number of piperazine rings is 1. The van der Waals surface area contributed by atoms with Crippen LogP contribution in [0.2, 0.25) is 0 Å². The molecular formula is C31H37N7O2. The molecule has 9 heteroatoms. The van der Waals surface area contributed by atoms with Gasteiger partial charge in [-0.05, 0) is 63.6 Å². The fraction of sp³-hybridized carbons (Fsp3) is 0.452. The quantitative estimate of drug-likeness (QED) is 0.479. The molecule has 2 fully saturated rings. The molecule has 6 rings (SSSR count). The van der Waals surface area contributed by atoms with E-state index in [1.54, 1.807) is 0 Å². The lowest BCUT2D eigenvalue weighted by molar-refractivity contribution is -0.126. The Morgan fingerprint density at radius 3 is 2.73 bits per heavy atom. The van der Waals surface area contributed by atoms with Gasteiger partial charge in [0.2, 0.25) is 11.8 Å². The number of nitriles is 1. The number of carbonyl (C=O) groups excluding carboxylic acids is 1. The van der Waals surface area contributed by atoms with Crippen LogP contribution in [0.25, 0.3) is 10.9 Å². The van der Waals surface area contributed by atoms with E-state index in [-0.39, 0.29) is 5.91 Å². The number of likely N-dealkylation sites (N-methyl/N-ethyl adjacent to an activating group) is 1. The molecule has 1 unspecified atom stereocenters. The summed E-state index contributed by atoms with van der Waals surface area (Å²) in [6.07, 6.45) is 6.39. The van der Waals surface area contributed by atoms with Gasteiger partial charge in [0, 0.05) is 67.1 Å². The summed E-state index contributed by atoms with van der Waals surface area (Å²) in [5.74, 6) is 0.381. The fourth-order valence-corrected chi connectivity index (χ4v) is 6.57. The Bertz CT molecular complexity index is 1480. The number of aryl methyl sites for hydroxylation is 1. The summed E-state index contributed by atoms with van der Waals surface area (Å²) < 4.78 is 6.38. The number of pyridine rings is 1. The van der Waals surface area contributed by atoms with Crippen molar-refractivity contribution in [3.63, 3.8) is 0 Å². The largest absolute Gasteiger partial charge is 0.475 e. The number of H-pyrrole nitrogens is 1. The molecule has 40 heavy (non-hydrogen) atoms. The van der Waals surface area contributed by atoms with E-state index in [2.05, 4.69) is 64.5 Å². The van der Waals surface area contributed by atoms with E-state index in [9.17, 15) is 10.1 Å². The van der Waals surface area contributed by atoms with Crippen LogP contribution in [0.4, 0.5) is 11.4 Å². The Kier molecular flexibility index (Phi) is 7.11. The predicted molar refractivity (Wildman–Crippen MR) is 157 cm³/mol. The summed E-state index contributed by atoms with van der Waals surface area (Å²) in [5.41, 5.74) is 7.12. The number of rotatable bonds is 6. The molecule has 0 aliphatic carbocycles. The van der Waals surface area contributed by atoms with Crippen molar-refractivity contribution in [1.82, 2.24) is 19.8 Å². The topological polar surface area (TPSA) is 91.7 Å². The van der Waals surface area contributed by atoms with Crippen LogP contribution in [0, 0.1) is 18.3 Å². The summed E-state index contributed by atoms with van der Waals surface area (Å²) in [7, 11) is 2.13. The maximum atomic E-state index is 12.2. The number of fused-ring (bicyclic) bond motifs is 2. The Balaban J connectivity index is 1.37. The van der Waals surface area contributed by atoms with Gasteiger partial charge >= 0.3 is 0 Å². The average molecular weight is 540 g/mol. The van der Waals surface area contributed by atoms with Crippen LogP contribution in [0.3, 0.4) is 0 Å². The number of hydrogen-bond donors (Lipinski definition) is 1. The molecule has 1 N–H and O–H groups in total. The van der Waals surface area contributed by atoms with Crippen molar-refractivity contribution < 1.29 is 9.53 Å². The van der Waals surface area contributed by atoms with Crippen LogP contribution in [-0.4, -0.2) is 84.6 Å². The zero-order chi connectivity index (χ0) is 27.8. The number of benzene rings is 1. The van der Waals surface area contributed by atoms with Crippen molar-refractivity contribution in [3.05, 3.63) is 59.4 Å². The first-order chi connectivity index (χ1) is 19.5. The van der Waals surface area contributed by atoms with Gasteiger partial charge < -0.3 is 29.3 Å². The second-order valence-corrected chi connectivity index (χ2v) is 11.1. The number of nitrogens with one attached hydrogen (secondary N) is 1. The van der Waals surface area contributed by atoms with Crippen molar-refractivity contribution >= 4 is 28.2 Å². The number of nitrogens with zero attached hydrogens (tertiary/aromatic N) is 6. The van der Waals surface area contributed by atoms with Crippen LogP contribution in [-0.2, 0) is 17.8 Å². The lowest BCUT2D eigenvalue weighted by Gasteiger charge is -2.39. The van der Waals surface area contributed by atoms with Crippen molar-refractivity contribution in [3.8, 4) is 11.9 Å². The van der Waals surface area contributed by atoms with Crippen LogP contribution >= 0.6 is 0 Å². The van der Waals surface area contributed by atoms with Gasteiger partial charge in [0.25, 0.3) is 0 Å². The number of hydrogen-bond acceptors (Lipinski definition) is 7. The van der Waals surface area contributed by atoms with Gasteiger partial charge in [0.05, 0.1) is 17.9 Å².